The van der Waals surface area contributed by atoms with Crippen LogP contribution in [0.5, 0.6) is 0 Å². The Morgan fingerprint density at radius 1 is 1.47 bits per heavy atom. The van der Waals surface area contributed by atoms with Crippen molar-refractivity contribution < 1.29 is 8.63 Å². The van der Waals surface area contributed by atoms with Crippen LogP contribution in [0.25, 0.3) is 0 Å². The van der Waals surface area contributed by atoms with Gasteiger partial charge in [0.05, 0.1) is 12.8 Å². The summed E-state index contributed by atoms with van der Waals surface area (Å²) in [7, 11) is -0.608. The lowest BCUT2D eigenvalue weighted by Gasteiger charge is -2.24. The zero-order chi connectivity index (χ0) is 10.7. The summed E-state index contributed by atoms with van der Waals surface area (Å²) in [6.07, 6.45) is 1.71. The van der Waals surface area contributed by atoms with E-state index in [1.54, 1.807) is 6.26 Å². The third-order valence-electron chi connectivity index (χ3n) is 2.59. The summed E-state index contributed by atoms with van der Waals surface area (Å²) in [4.78, 5) is 2.26. The van der Waals surface area contributed by atoms with Crippen molar-refractivity contribution in [3.05, 3.63) is 23.7 Å². The number of nitrogens with zero attached hydrogens (tertiary/aromatic N) is 1. The molecular weight excluding hydrogens is 212 g/mol. The molecule has 1 aliphatic heterocycles. The first kappa shape index (κ1) is 10.9. The number of nitrogens with two attached hydrogens (primary N) is 1. The van der Waals surface area contributed by atoms with E-state index in [0.717, 1.165) is 42.5 Å². The SMILES string of the molecule is NCc1coc(CN2CCS(=O)CC2)c1. The molecule has 1 aromatic heterocycles. The second kappa shape index (κ2) is 4.92. The zero-order valence-corrected chi connectivity index (χ0v) is 9.46. The fourth-order valence-corrected chi connectivity index (χ4v) is 2.80. The largest absolute Gasteiger partial charge is 0.468 e. The minimum absolute atomic E-state index is 0.521. The molecule has 0 amide bonds. The molecule has 1 fully saturated rings. The van der Waals surface area contributed by atoms with Crippen molar-refractivity contribution in [3.8, 4) is 0 Å². The summed E-state index contributed by atoms with van der Waals surface area (Å²) in [6.45, 7) is 3.11. The van der Waals surface area contributed by atoms with E-state index in [2.05, 4.69) is 4.90 Å². The van der Waals surface area contributed by atoms with Crippen LogP contribution in [0.1, 0.15) is 11.3 Å². The van der Waals surface area contributed by atoms with Gasteiger partial charge in [-0.25, -0.2) is 0 Å². The highest BCUT2D eigenvalue weighted by Crippen LogP contribution is 2.11. The van der Waals surface area contributed by atoms with Gasteiger partial charge < -0.3 is 10.2 Å². The van der Waals surface area contributed by atoms with Gasteiger partial charge in [-0.1, -0.05) is 0 Å². The van der Waals surface area contributed by atoms with E-state index < -0.39 is 10.8 Å². The van der Waals surface area contributed by atoms with Gasteiger partial charge in [0.2, 0.25) is 0 Å². The highest BCUT2D eigenvalue weighted by molar-refractivity contribution is 7.85. The fourth-order valence-electron chi connectivity index (χ4n) is 1.67. The maximum atomic E-state index is 11.2. The van der Waals surface area contributed by atoms with Gasteiger partial charge in [-0.2, -0.15) is 0 Å². The van der Waals surface area contributed by atoms with E-state index in [1.807, 2.05) is 6.07 Å². The van der Waals surface area contributed by atoms with Crippen LogP contribution in [0, 0.1) is 0 Å². The molecule has 1 aliphatic rings. The van der Waals surface area contributed by atoms with Crippen LogP contribution >= 0.6 is 0 Å². The van der Waals surface area contributed by atoms with E-state index in [4.69, 9.17) is 10.2 Å². The topological polar surface area (TPSA) is 59.5 Å². The maximum absolute atomic E-state index is 11.2. The van der Waals surface area contributed by atoms with Crippen molar-refractivity contribution in [3.63, 3.8) is 0 Å². The Hall–Kier alpha value is -0.650. The molecule has 0 aliphatic carbocycles. The Labute approximate surface area is 91.9 Å². The van der Waals surface area contributed by atoms with Crippen LogP contribution in [0.4, 0.5) is 0 Å². The average molecular weight is 228 g/mol. The van der Waals surface area contributed by atoms with E-state index in [0.29, 0.717) is 6.54 Å². The summed E-state index contributed by atoms with van der Waals surface area (Å²) in [5, 5.41) is 0. The second-order valence-electron chi connectivity index (χ2n) is 3.75. The number of hydrogen-bond acceptors (Lipinski definition) is 4. The van der Waals surface area contributed by atoms with Gasteiger partial charge in [0.15, 0.2) is 0 Å². The molecule has 0 radical (unpaired) electrons. The molecule has 2 N–H and O–H groups in total. The third kappa shape index (κ3) is 2.90. The predicted octanol–water partition coefficient (Wildman–Crippen LogP) is 0.303. The van der Waals surface area contributed by atoms with Gasteiger partial charge in [0.1, 0.15) is 5.76 Å². The molecule has 5 heteroatoms. The van der Waals surface area contributed by atoms with Crippen molar-refractivity contribution >= 4 is 10.8 Å². The molecule has 0 saturated carbocycles. The lowest BCUT2D eigenvalue weighted by Crippen LogP contribution is -2.37. The number of furan rings is 1. The molecule has 4 nitrogen and oxygen atoms in total. The summed E-state index contributed by atoms with van der Waals surface area (Å²) >= 11 is 0. The van der Waals surface area contributed by atoms with E-state index in [-0.39, 0.29) is 0 Å². The summed E-state index contributed by atoms with van der Waals surface area (Å²) in [5.41, 5.74) is 6.53. The molecular formula is C10H16N2O2S. The first-order valence-corrected chi connectivity index (χ1v) is 6.60. The van der Waals surface area contributed by atoms with Crippen LogP contribution < -0.4 is 5.73 Å². The molecule has 2 rings (SSSR count). The normalized spacial score (nSPS) is 19.5. The number of hydrogen-bond donors (Lipinski definition) is 1. The summed E-state index contributed by atoms with van der Waals surface area (Å²) < 4.78 is 16.5. The molecule has 15 heavy (non-hydrogen) atoms. The lowest BCUT2D eigenvalue weighted by molar-refractivity contribution is 0.265. The van der Waals surface area contributed by atoms with Crippen LogP contribution in [-0.4, -0.2) is 33.7 Å². The molecule has 0 spiro atoms. The Bertz CT molecular complexity index is 341. The molecule has 2 heterocycles. The molecule has 0 atom stereocenters. The lowest BCUT2D eigenvalue weighted by atomic mass is 10.3. The van der Waals surface area contributed by atoms with Gasteiger partial charge in [-0.05, 0) is 6.07 Å². The van der Waals surface area contributed by atoms with E-state index in [1.165, 1.54) is 0 Å². The number of rotatable bonds is 3. The molecule has 0 aromatic carbocycles. The summed E-state index contributed by atoms with van der Waals surface area (Å²) in [6, 6.07) is 1.99. The third-order valence-corrected chi connectivity index (χ3v) is 3.87. The van der Waals surface area contributed by atoms with Crippen LogP contribution in [0.2, 0.25) is 0 Å². The Kier molecular flexibility index (Phi) is 3.56. The van der Waals surface area contributed by atoms with Crippen LogP contribution in [-0.2, 0) is 23.9 Å². The molecule has 0 bridgehead atoms. The van der Waals surface area contributed by atoms with Crippen molar-refractivity contribution in [2.45, 2.75) is 13.1 Å². The van der Waals surface area contributed by atoms with Crippen LogP contribution in [0.3, 0.4) is 0 Å². The van der Waals surface area contributed by atoms with Crippen molar-refractivity contribution in [2.24, 2.45) is 5.73 Å². The minimum Gasteiger partial charge on any atom is -0.468 e. The average Bonchev–Trinajstić information content (AvgIpc) is 2.69. The quantitative estimate of drug-likeness (QED) is 0.808. The molecule has 1 saturated heterocycles. The Balaban J connectivity index is 1.88. The zero-order valence-electron chi connectivity index (χ0n) is 8.65. The maximum Gasteiger partial charge on any atom is 0.118 e. The molecule has 0 unspecified atom stereocenters. The van der Waals surface area contributed by atoms with Crippen molar-refractivity contribution in [2.75, 3.05) is 24.6 Å². The first-order valence-electron chi connectivity index (χ1n) is 5.11. The van der Waals surface area contributed by atoms with E-state index >= 15 is 0 Å². The standard InChI is InChI=1S/C10H16N2O2S/c11-6-9-5-10(14-8-9)7-12-1-3-15(13)4-2-12/h5,8H,1-4,6-7,11H2. The highest BCUT2D eigenvalue weighted by Gasteiger charge is 2.16. The Morgan fingerprint density at radius 2 is 2.20 bits per heavy atom. The first-order chi connectivity index (χ1) is 7.28. The van der Waals surface area contributed by atoms with Gasteiger partial charge in [0.25, 0.3) is 0 Å². The molecule has 84 valence electrons. The minimum atomic E-state index is -0.608. The Morgan fingerprint density at radius 3 is 2.80 bits per heavy atom. The van der Waals surface area contributed by atoms with Crippen LogP contribution in [0.15, 0.2) is 16.7 Å². The van der Waals surface area contributed by atoms with Gasteiger partial charge >= 0.3 is 0 Å². The van der Waals surface area contributed by atoms with Crippen molar-refractivity contribution in [1.29, 1.82) is 0 Å². The predicted molar refractivity (Wildman–Crippen MR) is 59.8 cm³/mol. The van der Waals surface area contributed by atoms with E-state index in [9.17, 15) is 4.21 Å². The van der Waals surface area contributed by atoms with Gasteiger partial charge in [-0.3, -0.25) is 9.11 Å². The smallest absolute Gasteiger partial charge is 0.118 e. The van der Waals surface area contributed by atoms with Crippen molar-refractivity contribution in [1.82, 2.24) is 4.90 Å². The monoisotopic (exact) mass is 228 g/mol. The highest BCUT2D eigenvalue weighted by atomic mass is 32.2. The second-order valence-corrected chi connectivity index (χ2v) is 5.45. The van der Waals surface area contributed by atoms with Gasteiger partial charge in [0, 0.05) is 47.5 Å². The molecule has 1 aromatic rings. The fraction of sp³-hybridized carbons (Fsp3) is 0.600. The summed E-state index contributed by atoms with van der Waals surface area (Å²) in [5.74, 6) is 2.51. The van der Waals surface area contributed by atoms with Gasteiger partial charge in [-0.15, -0.1) is 0 Å².